The van der Waals surface area contributed by atoms with E-state index in [9.17, 15) is 0 Å². The summed E-state index contributed by atoms with van der Waals surface area (Å²) in [7, 11) is 3.59. The highest BCUT2D eigenvalue weighted by Crippen LogP contribution is 2.30. The molecule has 144 valence electrons. The van der Waals surface area contributed by atoms with Gasteiger partial charge in [-0.2, -0.15) is 0 Å². The topological polar surface area (TPSA) is 52.1 Å². The van der Waals surface area contributed by atoms with Crippen molar-refractivity contribution in [3.8, 4) is 5.75 Å². The fraction of sp³-hybridized carbons (Fsp3) is 0.650. The number of hydrogen-bond donors (Lipinski definition) is 2. The number of hydrogen-bond acceptors (Lipinski definition) is 4. The maximum absolute atomic E-state index is 5.51. The predicted octanol–water partition coefficient (Wildman–Crippen LogP) is 1.92. The third-order valence-electron chi connectivity index (χ3n) is 5.59. The average molecular weight is 360 g/mol. The summed E-state index contributed by atoms with van der Waals surface area (Å²) in [6, 6.07) is 9.28. The lowest BCUT2D eigenvalue weighted by Gasteiger charge is -2.25. The lowest BCUT2D eigenvalue weighted by molar-refractivity contribution is 0.267. The van der Waals surface area contributed by atoms with Crippen LogP contribution in [0.15, 0.2) is 29.3 Å². The average Bonchev–Trinajstić information content (AvgIpc) is 3.34. The molecule has 2 atom stereocenters. The molecular formula is C20H33N5O. The van der Waals surface area contributed by atoms with Gasteiger partial charge >= 0.3 is 0 Å². The lowest BCUT2D eigenvalue weighted by atomic mass is 10.2. The summed E-state index contributed by atoms with van der Waals surface area (Å²) in [5.41, 5.74) is 1.17. The van der Waals surface area contributed by atoms with E-state index in [0.717, 1.165) is 44.3 Å². The number of aliphatic imine (C=N–C) groups is 1. The van der Waals surface area contributed by atoms with Crippen LogP contribution < -0.4 is 20.3 Å². The minimum Gasteiger partial charge on any atom is -0.495 e. The Hall–Kier alpha value is -1.95. The van der Waals surface area contributed by atoms with Crippen molar-refractivity contribution < 1.29 is 4.74 Å². The fourth-order valence-electron chi connectivity index (χ4n) is 4.13. The summed E-state index contributed by atoms with van der Waals surface area (Å²) in [5.74, 6) is 1.86. The Kier molecular flexibility index (Phi) is 6.61. The zero-order chi connectivity index (χ0) is 18.4. The second-order valence-electron chi connectivity index (χ2n) is 7.13. The summed E-state index contributed by atoms with van der Waals surface area (Å²) < 4.78 is 5.51. The van der Waals surface area contributed by atoms with E-state index in [1.807, 2.05) is 19.2 Å². The van der Waals surface area contributed by atoms with E-state index in [1.165, 1.54) is 25.1 Å². The molecule has 26 heavy (non-hydrogen) atoms. The predicted molar refractivity (Wildman–Crippen MR) is 108 cm³/mol. The molecular weight excluding hydrogens is 326 g/mol. The molecule has 0 saturated carbocycles. The Balaban J connectivity index is 1.50. The van der Waals surface area contributed by atoms with Gasteiger partial charge in [0.2, 0.25) is 0 Å². The van der Waals surface area contributed by atoms with Crippen molar-refractivity contribution in [3.63, 3.8) is 0 Å². The Morgan fingerprint density at radius 1 is 1.27 bits per heavy atom. The minimum absolute atomic E-state index is 0.400. The van der Waals surface area contributed by atoms with E-state index in [-0.39, 0.29) is 0 Å². The molecule has 0 radical (unpaired) electrons. The first kappa shape index (κ1) is 18.8. The first-order valence-corrected chi connectivity index (χ1v) is 9.84. The van der Waals surface area contributed by atoms with Gasteiger partial charge in [0.1, 0.15) is 5.75 Å². The van der Waals surface area contributed by atoms with Crippen molar-refractivity contribution in [2.45, 2.75) is 38.3 Å². The van der Waals surface area contributed by atoms with Gasteiger partial charge in [-0.25, -0.2) is 0 Å². The molecule has 0 spiro atoms. The van der Waals surface area contributed by atoms with Gasteiger partial charge in [-0.1, -0.05) is 19.1 Å². The Bertz CT molecular complexity index is 606. The standard InChI is InChI=1S/C20H33N5O/c1-4-24-12-7-8-17(24)14-22-20(21-2)23-16-11-13-25(15-16)18-9-5-6-10-19(18)26-3/h5-6,9-10,16-17H,4,7-8,11-15H2,1-3H3,(H2,21,22,23). The third-order valence-corrected chi connectivity index (χ3v) is 5.59. The molecule has 1 aromatic rings. The molecule has 2 saturated heterocycles. The van der Waals surface area contributed by atoms with Crippen LogP contribution in [0.4, 0.5) is 5.69 Å². The Labute approximate surface area is 157 Å². The van der Waals surface area contributed by atoms with Crippen LogP contribution in [0.3, 0.4) is 0 Å². The quantitative estimate of drug-likeness (QED) is 0.600. The maximum Gasteiger partial charge on any atom is 0.191 e. The molecule has 0 amide bonds. The summed E-state index contributed by atoms with van der Waals surface area (Å²) in [6.45, 7) is 7.57. The van der Waals surface area contributed by atoms with Gasteiger partial charge in [0, 0.05) is 38.8 Å². The molecule has 0 aliphatic carbocycles. The number of benzene rings is 1. The van der Waals surface area contributed by atoms with Crippen molar-refractivity contribution in [2.24, 2.45) is 4.99 Å². The molecule has 2 N–H and O–H groups in total. The van der Waals surface area contributed by atoms with E-state index in [2.05, 4.69) is 44.5 Å². The number of likely N-dealkylation sites (tertiary alicyclic amines) is 1. The number of methoxy groups -OCH3 is 1. The van der Waals surface area contributed by atoms with Crippen LogP contribution in [-0.2, 0) is 0 Å². The lowest BCUT2D eigenvalue weighted by Crippen LogP contribution is -2.48. The molecule has 0 bridgehead atoms. The van der Waals surface area contributed by atoms with Crippen molar-refractivity contribution in [2.75, 3.05) is 51.8 Å². The summed E-state index contributed by atoms with van der Waals surface area (Å²) in [5, 5.41) is 7.13. The molecule has 1 aromatic carbocycles. The van der Waals surface area contributed by atoms with Gasteiger partial charge in [0.15, 0.2) is 5.96 Å². The number of ether oxygens (including phenoxy) is 1. The van der Waals surface area contributed by atoms with Crippen LogP contribution in [0.2, 0.25) is 0 Å². The normalized spacial score (nSPS) is 24.1. The zero-order valence-electron chi connectivity index (χ0n) is 16.4. The molecule has 6 heteroatoms. The van der Waals surface area contributed by atoms with Crippen molar-refractivity contribution in [1.82, 2.24) is 15.5 Å². The third kappa shape index (κ3) is 4.41. The van der Waals surface area contributed by atoms with Crippen LogP contribution in [-0.4, -0.2) is 69.8 Å². The van der Waals surface area contributed by atoms with Gasteiger partial charge in [0.05, 0.1) is 12.8 Å². The molecule has 2 fully saturated rings. The first-order valence-electron chi connectivity index (χ1n) is 9.84. The minimum atomic E-state index is 0.400. The highest BCUT2D eigenvalue weighted by Gasteiger charge is 2.26. The monoisotopic (exact) mass is 359 g/mol. The van der Waals surface area contributed by atoms with Crippen molar-refractivity contribution in [3.05, 3.63) is 24.3 Å². The van der Waals surface area contributed by atoms with Gasteiger partial charge < -0.3 is 20.3 Å². The van der Waals surface area contributed by atoms with E-state index in [0.29, 0.717) is 12.1 Å². The molecule has 2 unspecified atom stereocenters. The van der Waals surface area contributed by atoms with E-state index < -0.39 is 0 Å². The number of rotatable bonds is 6. The van der Waals surface area contributed by atoms with Gasteiger partial charge in [-0.3, -0.25) is 9.89 Å². The summed E-state index contributed by atoms with van der Waals surface area (Å²) >= 11 is 0. The Morgan fingerprint density at radius 3 is 2.88 bits per heavy atom. The maximum atomic E-state index is 5.51. The molecule has 6 nitrogen and oxygen atoms in total. The number of para-hydroxylation sites is 2. The fourth-order valence-corrected chi connectivity index (χ4v) is 4.13. The van der Waals surface area contributed by atoms with Crippen molar-refractivity contribution >= 4 is 11.6 Å². The van der Waals surface area contributed by atoms with Crippen molar-refractivity contribution in [1.29, 1.82) is 0 Å². The highest BCUT2D eigenvalue weighted by molar-refractivity contribution is 5.80. The van der Waals surface area contributed by atoms with Crippen LogP contribution in [0.1, 0.15) is 26.2 Å². The second-order valence-corrected chi connectivity index (χ2v) is 7.13. The van der Waals surface area contributed by atoms with Gasteiger partial charge in [-0.05, 0) is 44.5 Å². The molecule has 2 aliphatic heterocycles. The Morgan fingerprint density at radius 2 is 2.12 bits per heavy atom. The summed E-state index contributed by atoms with van der Waals surface area (Å²) in [6.07, 6.45) is 3.69. The number of guanidine groups is 1. The van der Waals surface area contributed by atoms with E-state index >= 15 is 0 Å². The number of anilines is 1. The van der Waals surface area contributed by atoms with Gasteiger partial charge in [0.25, 0.3) is 0 Å². The highest BCUT2D eigenvalue weighted by atomic mass is 16.5. The number of likely N-dealkylation sites (N-methyl/N-ethyl adjacent to an activating group) is 1. The van der Waals surface area contributed by atoms with Crippen LogP contribution in [0.25, 0.3) is 0 Å². The second kappa shape index (κ2) is 9.12. The number of nitrogens with one attached hydrogen (secondary N) is 2. The molecule has 2 heterocycles. The van der Waals surface area contributed by atoms with E-state index in [1.54, 1.807) is 7.11 Å². The number of nitrogens with zero attached hydrogens (tertiary/aromatic N) is 3. The van der Waals surface area contributed by atoms with Crippen LogP contribution in [0, 0.1) is 0 Å². The molecule has 3 rings (SSSR count). The van der Waals surface area contributed by atoms with Gasteiger partial charge in [-0.15, -0.1) is 0 Å². The van der Waals surface area contributed by atoms with Crippen LogP contribution in [0.5, 0.6) is 5.75 Å². The SMILES string of the molecule is CCN1CCCC1CNC(=NC)NC1CCN(c2ccccc2OC)C1. The van der Waals surface area contributed by atoms with E-state index in [4.69, 9.17) is 4.74 Å². The van der Waals surface area contributed by atoms with Crippen LogP contribution >= 0.6 is 0 Å². The smallest absolute Gasteiger partial charge is 0.191 e. The zero-order valence-corrected chi connectivity index (χ0v) is 16.4. The molecule has 0 aromatic heterocycles. The molecule has 2 aliphatic rings. The largest absolute Gasteiger partial charge is 0.495 e. The summed E-state index contributed by atoms with van der Waals surface area (Å²) in [4.78, 5) is 9.37. The first-order chi connectivity index (χ1) is 12.7.